The predicted molar refractivity (Wildman–Crippen MR) is 48.9 cm³/mol. The molecule has 0 amide bonds. The van der Waals surface area contributed by atoms with Crippen LogP contribution >= 0.6 is 0 Å². The van der Waals surface area contributed by atoms with E-state index in [-0.39, 0.29) is 12.5 Å². The first-order valence-electron chi connectivity index (χ1n) is 4.27. The Morgan fingerprint density at radius 1 is 1.42 bits per heavy atom. The molecule has 2 heteroatoms. The molecular formula is C10H15NO. The van der Waals surface area contributed by atoms with Crippen LogP contribution in [0.1, 0.15) is 25.5 Å². The lowest BCUT2D eigenvalue weighted by Gasteiger charge is -2.16. The topological polar surface area (TPSA) is 33.1 Å². The lowest BCUT2D eigenvalue weighted by molar-refractivity contribution is 0.235. The number of aliphatic hydroxyl groups excluding tert-OH is 1. The molecule has 0 aliphatic carbocycles. The van der Waals surface area contributed by atoms with Crippen LogP contribution in [-0.4, -0.2) is 16.7 Å². The zero-order valence-corrected chi connectivity index (χ0v) is 7.57. The fourth-order valence-corrected chi connectivity index (χ4v) is 1.24. The quantitative estimate of drug-likeness (QED) is 0.741. The summed E-state index contributed by atoms with van der Waals surface area (Å²) in [7, 11) is 0. The predicted octanol–water partition coefficient (Wildman–Crippen LogP) is 1.81. The average molecular weight is 165 g/mol. The number of nitrogens with zero attached hydrogens (tertiary/aromatic N) is 1. The summed E-state index contributed by atoms with van der Waals surface area (Å²) < 4.78 is 0. The minimum absolute atomic E-state index is 0.172. The number of pyridine rings is 1. The Morgan fingerprint density at radius 2 is 2.17 bits per heavy atom. The van der Waals surface area contributed by atoms with Gasteiger partial charge in [-0.2, -0.15) is 0 Å². The van der Waals surface area contributed by atoms with Gasteiger partial charge in [0.25, 0.3) is 0 Å². The van der Waals surface area contributed by atoms with Gasteiger partial charge in [-0.15, -0.1) is 0 Å². The Hall–Kier alpha value is -0.890. The Kier molecular flexibility index (Phi) is 3.23. The molecule has 1 atom stereocenters. The summed E-state index contributed by atoms with van der Waals surface area (Å²) in [4.78, 5) is 4.21. The lowest BCUT2D eigenvalue weighted by atomic mass is 9.93. The number of rotatable bonds is 3. The first kappa shape index (κ1) is 9.20. The Balaban J connectivity index is 2.80. The maximum Gasteiger partial charge on any atom is 0.0517 e. The summed E-state index contributed by atoms with van der Waals surface area (Å²) in [6.45, 7) is 4.36. The number of aliphatic hydroxyl groups is 1. The van der Waals surface area contributed by atoms with Gasteiger partial charge < -0.3 is 5.11 Å². The van der Waals surface area contributed by atoms with E-state index in [1.807, 2.05) is 18.2 Å². The molecule has 0 saturated heterocycles. The molecule has 0 aliphatic heterocycles. The van der Waals surface area contributed by atoms with Gasteiger partial charge in [-0.25, -0.2) is 0 Å². The van der Waals surface area contributed by atoms with Crippen molar-refractivity contribution < 1.29 is 5.11 Å². The van der Waals surface area contributed by atoms with Crippen LogP contribution in [0, 0.1) is 5.92 Å². The van der Waals surface area contributed by atoms with E-state index in [9.17, 15) is 0 Å². The van der Waals surface area contributed by atoms with E-state index in [1.165, 1.54) is 0 Å². The summed E-state index contributed by atoms with van der Waals surface area (Å²) in [5, 5.41) is 9.11. The van der Waals surface area contributed by atoms with Gasteiger partial charge in [-0.3, -0.25) is 4.98 Å². The minimum Gasteiger partial charge on any atom is -0.396 e. The highest BCUT2D eigenvalue weighted by Crippen LogP contribution is 2.20. The fraction of sp³-hybridized carbons (Fsp3) is 0.500. The second kappa shape index (κ2) is 4.21. The SMILES string of the molecule is CC(C)[C@@H](CO)c1ccccn1. The monoisotopic (exact) mass is 165 g/mol. The zero-order valence-electron chi connectivity index (χ0n) is 7.57. The summed E-state index contributed by atoms with van der Waals surface area (Å²) in [5.41, 5.74) is 0.981. The first-order chi connectivity index (χ1) is 5.75. The Bertz CT molecular complexity index is 221. The van der Waals surface area contributed by atoms with Crippen molar-refractivity contribution in [2.45, 2.75) is 19.8 Å². The lowest BCUT2D eigenvalue weighted by Crippen LogP contribution is -2.12. The molecule has 0 aliphatic rings. The zero-order chi connectivity index (χ0) is 8.97. The average Bonchev–Trinajstić information content (AvgIpc) is 2.07. The van der Waals surface area contributed by atoms with E-state index in [0.717, 1.165) is 5.69 Å². The van der Waals surface area contributed by atoms with Crippen LogP contribution in [0.5, 0.6) is 0 Å². The molecule has 0 aromatic carbocycles. The van der Waals surface area contributed by atoms with Crippen LogP contribution in [-0.2, 0) is 0 Å². The van der Waals surface area contributed by atoms with Crippen LogP contribution in [0.25, 0.3) is 0 Å². The van der Waals surface area contributed by atoms with Gasteiger partial charge in [0, 0.05) is 17.8 Å². The van der Waals surface area contributed by atoms with Crippen LogP contribution in [0.2, 0.25) is 0 Å². The van der Waals surface area contributed by atoms with Crippen molar-refractivity contribution in [2.75, 3.05) is 6.61 Å². The number of hydrogen-bond acceptors (Lipinski definition) is 2. The molecule has 0 unspecified atom stereocenters. The van der Waals surface area contributed by atoms with Crippen LogP contribution in [0.15, 0.2) is 24.4 Å². The van der Waals surface area contributed by atoms with Crippen LogP contribution in [0.4, 0.5) is 0 Å². The van der Waals surface area contributed by atoms with Gasteiger partial charge in [-0.05, 0) is 18.1 Å². The molecule has 12 heavy (non-hydrogen) atoms. The minimum atomic E-state index is 0.172. The van der Waals surface area contributed by atoms with E-state index < -0.39 is 0 Å². The molecule has 1 aromatic heterocycles. The molecule has 1 N–H and O–H groups in total. The molecule has 1 rings (SSSR count). The molecule has 0 radical (unpaired) electrons. The summed E-state index contributed by atoms with van der Waals surface area (Å²) >= 11 is 0. The van der Waals surface area contributed by atoms with Crippen molar-refractivity contribution in [1.29, 1.82) is 0 Å². The number of aromatic nitrogens is 1. The normalized spacial score (nSPS) is 13.3. The Morgan fingerprint density at radius 3 is 2.58 bits per heavy atom. The molecule has 0 bridgehead atoms. The van der Waals surface area contributed by atoms with Crippen molar-refractivity contribution in [3.8, 4) is 0 Å². The van der Waals surface area contributed by atoms with E-state index in [4.69, 9.17) is 5.11 Å². The maximum atomic E-state index is 9.11. The molecular weight excluding hydrogens is 150 g/mol. The standard InChI is InChI=1S/C10H15NO/c1-8(2)9(7-12)10-5-3-4-6-11-10/h3-6,8-9,12H,7H2,1-2H3/t9-/m1/s1. The molecule has 1 heterocycles. The van der Waals surface area contributed by atoms with Crippen LogP contribution in [0.3, 0.4) is 0 Å². The highest BCUT2D eigenvalue weighted by Gasteiger charge is 2.14. The van der Waals surface area contributed by atoms with Gasteiger partial charge in [0.15, 0.2) is 0 Å². The first-order valence-corrected chi connectivity index (χ1v) is 4.27. The van der Waals surface area contributed by atoms with E-state index in [2.05, 4.69) is 18.8 Å². The summed E-state index contributed by atoms with van der Waals surface area (Å²) in [6.07, 6.45) is 1.76. The largest absolute Gasteiger partial charge is 0.396 e. The van der Waals surface area contributed by atoms with Crippen molar-refractivity contribution >= 4 is 0 Å². The molecule has 66 valence electrons. The van der Waals surface area contributed by atoms with E-state index >= 15 is 0 Å². The second-order valence-corrected chi connectivity index (χ2v) is 3.29. The highest BCUT2D eigenvalue weighted by atomic mass is 16.3. The third-order valence-corrected chi connectivity index (χ3v) is 2.07. The van der Waals surface area contributed by atoms with Crippen molar-refractivity contribution in [2.24, 2.45) is 5.92 Å². The maximum absolute atomic E-state index is 9.11. The summed E-state index contributed by atoms with van der Waals surface area (Å²) in [5.74, 6) is 0.607. The smallest absolute Gasteiger partial charge is 0.0517 e. The van der Waals surface area contributed by atoms with E-state index in [0.29, 0.717) is 5.92 Å². The van der Waals surface area contributed by atoms with E-state index in [1.54, 1.807) is 6.20 Å². The molecule has 0 spiro atoms. The fourth-order valence-electron chi connectivity index (χ4n) is 1.24. The summed E-state index contributed by atoms with van der Waals surface area (Å²) in [6, 6.07) is 5.80. The third kappa shape index (κ3) is 2.05. The Labute approximate surface area is 73.3 Å². The molecule has 2 nitrogen and oxygen atoms in total. The van der Waals surface area contributed by atoms with Gasteiger partial charge in [0.2, 0.25) is 0 Å². The third-order valence-electron chi connectivity index (χ3n) is 2.07. The van der Waals surface area contributed by atoms with Crippen molar-refractivity contribution in [3.63, 3.8) is 0 Å². The van der Waals surface area contributed by atoms with Gasteiger partial charge in [0.05, 0.1) is 6.61 Å². The van der Waals surface area contributed by atoms with Crippen molar-refractivity contribution in [1.82, 2.24) is 4.98 Å². The molecule has 0 saturated carbocycles. The number of hydrogen-bond donors (Lipinski definition) is 1. The van der Waals surface area contributed by atoms with Crippen molar-refractivity contribution in [3.05, 3.63) is 30.1 Å². The molecule has 1 aromatic rings. The van der Waals surface area contributed by atoms with Gasteiger partial charge in [-0.1, -0.05) is 19.9 Å². The molecule has 0 fully saturated rings. The van der Waals surface area contributed by atoms with Gasteiger partial charge in [0.1, 0.15) is 0 Å². The van der Waals surface area contributed by atoms with Gasteiger partial charge >= 0.3 is 0 Å². The second-order valence-electron chi connectivity index (χ2n) is 3.29. The van der Waals surface area contributed by atoms with Crippen LogP contribution < -0.4 is 0 Å². The highest BCUT2D eigenvalue weighted by molar-refractivity contribution is 5.10.